The Morgan fingerprint density at radius 1 is 1.56 bits per heavy atom. The molecule has 0 aromatic carbocycles. The van der Waals surface area contributed by atoms with Crippen LogP contribution in [0.5, 0.6) is 0 Å². The number of fused-ring (bicyclic) bond motifs is 1. The lowest BCUT2D eigenvalue weighted by atomic mass is 10.1. The van der Waals surface area contributed by atoms with Gasteiger partial charge in [0.25, 0.3) is 0 Å². The summed E-state index contributed by atoms with van der Waals surface area (Å²) in [5.74, 6) is 0.540. The molecular weight excluding hydrogens is 204 g/mol. The van der Waals surface area contributed by atoms with E-state index in [-0.39, 0.29) is 5.69 Å². The molecule has 1 unspecified atom stereocenters. The van der Waals surface area contributed by atoms with Crippen LogP contribution in [0.2, 0.25) is 0 Å². The van der Waals surface area contributed by atoms with E-state index in [0.29, 0.717) is 5.92 Å². The fourth-order valence-electron chi connectivity index (χ4n) is 2.29. The van der Waals surface area contributed by atoms with E-state index < -0.39 is 0 Å². The topological polar surface area (TPSA) is 62.7 Å². The highest BCUT2D eigenvalue weighted by Crippen LogP contribution is 2.12. The van der Waals surface area contributed by atoms with Gasteiger partial charge >= 0.3 is 5.69 Å². The number of imidazole rings is 1. The Hall–Kier alpha value is -1.62. The third-order valence-electron chi connectivity index (χ3n) is 3.13. The largest absolute Gasteiger partial charge is 0.327 e. The summed E-state index contributed by atoms with van der Waals surface area (Å²) in [6.45, 7) is 2.80. The lowest BCUT2D eigenvalue weighted by Gasteiger charge is -2.08. The molecule has 2 N–H and O–H groups in total. The smallest absolute Gasteiger partial charge is 0.316 e. The van der Waals surface area contributed by atoms with Gasteiger partial charge in [0.05, 0.1) is 5.52 Å². The van der Waals surface area contributed by atoms with Crippen LogP contribution in [0.1, 0.15) is 6.42 Å². The zero-order valence-corrected chi connectivity index (χ0v) is 8.94. The summed E-state index contributed by atoms with van der Waals surface area (Å²) < 4.78 is 1.74. The normalized spacial score (nSPS) is 20.6. The van der Waals surface area contributed by atoms with Crippen LogP contribution in [0.25, 0.3) is 11.2 Å². The molecule has 5 heteroatoms. The van der Waals surface area contributed by atoms with Crippen molar-refractivity contribution in [2.75, 3.05) is 13.1 Å². The summed E-state index contributed by atoms with van der Waals surface area (Å²) in [6.07, 6.45) is 2.85. The molecule has 3 heterocycles. The molecule has 0 radical (unpaired) electrons. The third kappa shape index (κ3) is 1.53. The molecule has 3 rings (SSSR count). The molecule has 2 aromatic rings. The predicted molar refractivity (Wildman–Crippen MR) is 61.3 cm³/mol. The van der Waals surface area contributed by atoms with Crippen LogP contribution in [0.15, 0.2) is 23.1 Å². The van der Waals surface area contributed by atoms with Crippen LogP contribution in [0.3, 0.4) is 0 Å². The molecule has 0 aliphatic carbocycles. The molecule has 0 spiro atoms. The van der Waals surface area contributed by atoms with Crippen LogP contribution in [-0.2, 0) is 6.54 Å². The fraction of sp³-hybridized carbons (Fsp3) is 0.455. The molecule has 0 bridgehead atoms. The molecule has 1 saturated heterocycles. The first-order valence-corrected chi connectivity index (χ1v) is 5.59. The van der Waals surface area contributed by atoms with Crippen molar-refractivity contribution in [1.29, 1.82) is 0 Å². The first-order chi connectivity index (χ1) is 7.84. The summed E-state index contributed by atoms with van der Waals surface area (Å²) in [5, 5.41) is 3.31. The summed E-state index contributed by atoms with van der Waals surface area (Å²) in [5.41, 5.74) is 1.53. The van der Waals surface area contributed by atoms with Gasteiger partial charge in [0, 0.05) is 12.7 Å². The average Bonchev–Trinajstić information content (AvgIpc) is 2.89. The van der Waals surface area contributed by atoms with E-state index in [4.69, 9.17) is 0 Å². The summed E-state index contributed by atoms with van der Waals surface area (Å²) in [4.78, 5) is 18.9. The van der Waals surface area contributed by atoms with E-state index in [1.807, 2.05) is 12.1 Å². The lowest BCUT2D eigenvalue weighted by Crippen LogP contribution is -2.23. The quantitative estimate of drug-likeness (QED) is 0.763. The van der Waals surface area contributed by atoms with Gasteiger partial charge in [-0.05, 0) is 37.6 Å². The van der Waals surface area contributed by atoms with Crippen molar-refractivity contribution in [2.45, 2.75) is 13.0 Å². The molecule has 1 aliphatic heterocycles. The van der Waals surface area contributed by atoms with Crippen LogP contribution in [0.4, 0.5) is 0 Å². The standard InChI is InChI=1S/C11H14N4O/c16-11-14-9-2-1-4-13-10(9)15(11)7-8-3-5-12-6-8/h1-2,4,8,12H,3,5-7H2,(H,14,16). The van der Waals surface area contributed by atoms with Gasteiger partial charge in [0.2, 0.25) is 0 Å². The number of aromatic nitrogens is 3. The zero-order chi connectivity index (χ0) is 11.0. The minimum Gasteiger partial charge on any atom is -0.316 e. The Balaban J connectivity index is 2.01. The maximum absolute atomic E-state index is 11.8. The third-order valence-corrected chi connectivity index (χ3v) is 3.13. The van der Waals surface area contributed by atoms with Gasteiger partial charge in [-0.2, -0.15) is 0 Å². The molecule has 0 saturated carbocycles. The Kier molecular flexibility index (Phi) is 2.25. The van der Waals surface area contributed by atoms with E-state index in [9.17, 15) is 4.79 Å². The van der Waals surface area contributed by atoms with Crippen LogP contribution in [0, 0.1) is 5.92 Å². The van der Waals surface area contributed by atoms with E-state index >= 15 is 0 Å². The average molecular weight is 218 g/mol. The van der Waals surface area contributed by atoms with Gasteiger partial charge in [0.15, 0.2) is 5.65 Å². The molecule has 1 atom stereocenters. The van der Waals surface area contributed by atoms with Crippen molar-refractivity contribution in [3.8, 4) is 0 Å². The van der Waals surface area contributed by atoms with Crippen molar-refractivity contribution in [1.82, 2.24) is 19.9 Å². The van der Waals surface area contributed by atoms with Crippen LogP contribution < -0.4 is 11.0 Å². The number of rotatable bonds is 2. The van der Waals surface area contributed by atoms with Crippen molar-refractivity contribution < 1.29 is 0 Å². The van der Waals surface area contributed by atoms with Gasteiger partial charge in [-0.3, -0.25) is 4.57 Å². The number of nitrogens with zero attached hydrogens (tertiary/aromatic N) is 2. The van der Waals surface area contributed by atoms with Crippen LogP contribution >= 0.6 is 0 Å². The first kappa shape index (κ1) is 9.59. The zero-order valence-electron chi connectivity index (χ0n) is 8.94. The van der Waals surface area contributed by atoms with E-state index in [0.717, 1.165) is 37.2 Å². The number of H-pyrrole nitrogens is 1. The lowest BCUT2D eigenvalue weighted by molar-refractivity contribution is 0.479. The summed E-state index contributed by atoms with van der Waals surface area (Å²) >= 11 is 0. The summed E-state index contributed by atoms with van der Waals surface area (Å²) in [7, 11) is 0. The highest BCUT2D eigenvalue weighted by atomic mass is 16.1. The number of nitrogens with one attached hydrogen (secondary N) is 2. The Labute approximate surface area is 92.5 Å². The van der Waals surface area contributed by atoms with Gasteiger partial charge in [-0.15, -0.1) is 0 Å². The van der Waals surface area contributed by atoms with Crippen LogP contribution in [-0.4, -0.2) is 27.6 Å². The molecular formula is C11H14N4O. The number of hydrogen-bond donors (Lipinski definition) is 2. The van der Waals surface area contributed by atoms with Gasteiger partial charge in [-0.1, -0.05) is 0 Å². The SMILES string of the molecule is O=c1[nH]c2cccnc2n1CC1CCNC1. The second kappa shape index (κ2) is 3.75. The molecule has 0 amide bonds. The maximum Gasteiger partial charge on any atom is 0.327 e. The highest BCUT2D eigenvalue weighted by Gasteiger charge is 2.17. The molecule has 16 heavy (non-hydrogen) atoms. The number of hydrogen-bond acceptors (Lipinski definition) is 3. The molecule has 1 aliphatic rings. The molecule has 84 valence electrons. The van der Waals surface area contributed by atoms with Crippen molar-refractivity contribution in [3.05, 3.63) is 28.8 Å². The fourth-order valence-corrected chi connectivity index (χ4v) is 2.29. The van der Waals surface area contributed by atoms with E-state index in [1.54, 1.807) is 10.8 Å². The molecule has 1 fully saturated rings. The minimum absolute atomic E-state index is 0.0550. The van der Waals surface area contributed by atoms with Gasteiger partial charge in [-0.25, -0.2) is 9.78 Å². The van der Waals surface area contributed by atoms with Gasteiger partial charge in [0.1, 0.15) is 0 Å². The van der Waals surface area contributed by atoms with Crippen molar-refractivity contribution in [3.63, 3.8) is 0 Å². The van der Waals surface area contributed by atoms with Crippen molar-refractivity contribution >= 4 is 11.2 Å². The van der Waals surface area contributed by atoms with E-state index in [2.05, 4.69) is 15.3 Å². The Morgan fingerprint density at radius 3 is 3.31 bits per heavy atom. The Morgan fingerprint density at radius 2 is 2.50 bits per heavy atom. The van der Waals surface area contributed by atoms with Crippen molar-refractivity contribution in [2.24, 2.45) is 5.92 Å². The first-order valence-electron chi connectivity index (χ1n) is 5.59. The maximum atomic E-state index is 11.8. The van der Waals surface area contributed by atoms with Gasteiger partial charge < -0.3 is 10.3 Å². The monoisotopic (exact) mass is 218 g/mol. The Bertz CT molecular complexity index is 550. The molecule has 5 nitrogen and oxygen atoms in total. The number of pyridine rings is 1. The highest BCUT2D eigenvalue weighted by molar-refractivity contribution is 5.69. The summed E-state index contributed by atoms with van der Waals surface area (Å²) in [6, 6.07) is 3.72. The predicted octanol–water partition coefficient (Wildman–Crippen LogP) is 0.334. The minimum atomic E-state index is -0.0550. The van der Waals surface area contributed by atoms with E-state index in [1.165, 1.54) is 0 Å². The second-order valence-electron chi connectivity index (χ2n) is 4.27. The second-order valence-corrected chi connectivity index (χ2v) is 4.27. The number of aromatic amines is 1. The molecule has 2 aromatic heterocycles.